The van der Waals surface area contributed by atoms with Crippen LogP contribution in [0.2, 0.25) is 0 Å². The molecule has 3 heteroatoms. The molecule has 0 spiro atoms. The van der Waals surface area contributed by atoms with Crippen LogP contribution in [0.4, 0.5) is 0 Å². The van der Waals surface area contributed by atoms with E-state index >= 15 is 0 Å². The Balaban J connectivity index is 2.88. The number of nitrogens with zero attached hydrogens (tertiary/aromatic N) is 2. The Kier molecular flexibility index (Phi) is 3.91. The molecule has 1 rings (SSSR count). The van der Waals surface area contributed by atoms with Gasteiger partial charge in [0.15, 0.2) is 0 Å². The Labute approximate surface area is 92.7 Å². The predicted octanol–water partition coefficient (Wildman–Crippen LogP) is 2.36. The van der Waals surface area contributed by atoms with E-state index < -0.39 is 0 Å². The maximum absolute atomic E-state index is 5.78. The fourth-order valence-corrected chi connectivity index (χ4v) is 1.93. The molecule has 0 saturated heterocycles. The number of aryl methyl sites for hydroxylation is 1. The lowest BCUT2D eigenvalue weighted by Gasteiger charge is -2.09. The van der Waals surface area contributed by atoms with E-state index in [1.54, 1.807) is 0 Å². The van der Waals surface area contributed by atoms with Gasteiger partial charge in [-0.2, -0.15) is 5.10 Å². The first-order valence-electron chi connectivity index (χ1n) is 5.73. The van der Waals surface area contributed by atoms with Gasteiger partial charge in [0.05, 0.1) is 5.69 Å². The van der Waals surface area contributed by atoms with E-state index in [2.05, 4.69) is 44.4 Å². The Bertz CT molecular complexity index is 324. The first-order valence-corrected chi connectivity index (χ1v) is 5.73. The van der Waals surface area contributed by atoms with Gasteiger partial charge in [0, 0.05) is 17.8 Å². The molecule has 15 heavy (non-hydrogen) atoms. The van der Waals surface area contributed by atoms with Gasteiger partial charge in [0.2, 0.25) is 0 Å². The summed E-state index contributed by atoms with van der Waals surface area (Å²) in [4.78, 5) is 0. The fourth-order valence-electron chi connectivity index (χ4n) is 1.93. The minimum absolute atomic E-state index is 0.270. The van der Waals surface area contributed by atoms with Crippen LogP contribution in [0.3, 0.4) is 0 Å². The van der Waals surface area contributed by atoms with Gasteiger partial charge in [-0.25, -0.2) is 0 Å². The number of nitrogens with two attached hydrogens (primary N) is 1. The summed E-state index contributed by atoms with van der Waals surface area (Å²) in [6, 6.07) is 0.707. The predicted molar refractivity (Wildman–Crippen MR) is 64.1 cm³/mol. The van der Waals surface area contributed by atoms with Crippen LogP contribution in [0.5, 0.6) is 0 Å². The third-order valence-corrected chi connectivity index (χ3v) is 2.81. The van der Waals surface area contributed by atoms with E-state index in [1.807, 2.05) is 0 Å². The van der Waals surface area contributed by atoms with Crippen molar-refractivity contribution in [1.82, 2.24) is 9.78 Å². The maximum Gasteiger partial charge on any atom is 0.0628 e. The molecule has 0 bridgehead atoms. The first kappa shape index (κ1) is 12.2. The molecule has 0 radical (unpaired) electrons. The van der Waals surface area contributed by atoms with Crippen LogP contribution in [0.1, 0.15) is 50.2 Å². The van der Waals surface area contributed by atoms with Crippen molar-refractivity contribution < 1.29 is 0 Å². The number of aromatic nitrogens is 2. The molecule has 0 aromatic carbocycles. The zero-order chi connectivity index (χ0) is 11.6. The summed E-state index contributed by atoms with van der Waals surface area (Å²) in [5.41, 5.74) is 9.60. The molecule has 3 nitrogen and oxygen atoms in total. The van der Waals surface area contributed by atoms with E-state index in [9.17, 15) is 0 Å². The van der Waals surface area contributed by atoms with Crippen molar-refractivity contribution in [2.45, 2.75) is 59.5 Å². The van der Waals surface area contributed by atoms with Gasteiger partial charge < -0.3 is 5.73 Å². The van der Waals surface area contributed by atoms with E-state index in [0.717, 1.165) is 18.5 Å². The Hall–Kier alpha value is -0.830. The highest BCUT2D eigenvalue weighted by Crippen LogP contribution is 2.18. The van der Waals surface area contributed by atoms with Gasteiger partial charge >= 0.3 is 0 Å². The summed E-state index contributed by atoms with van der Waals surface area (Å²) in [5, 5.41) is 4.56. The fraction of sp³-hybridized carbons (Fsp3) is 0.750. The molecule has 1 unspecified atom stereocenters. The molecule has 0 saturated carbocycles. The van der Waals surface area contributed by atoms with Crippen molar-refractivity contribution in [3.63, 3.8) is 0 Å². The summed E-state index contributed by atoms with van der Waals surface area (Å²) >= 11 is 0. The van der Waals surface area contributed by atoms with Gasteiger partial charge in [-0.05, 0) is 53.0 Å². The standard InChI is InChI=1S/C12H23N3/c1-8(2)15-11(5)12(10(4)14-15)7-6-9(3)13/h8-9H,6-7,13H2,1-5H3. The van der Waals surface area contributed by atoms with E-state index in [-0.39, 0.29) is 6.04 Å². The molecular weight excluding hydrogens is 186 g/mol. The number of hydrogen-bond acceptors (Lipinski definition) is 2. The van der Waals surface area contributed by atoms with Crippen LogP contribution in [0.15, 0.2) is 0 Å². The van der Waals surface area contributed by atoms with Gasteiger partial charge in [-0.1, -0.05) is 0 Å². The van der Waals surface area contributed by atoms with E-state index in [4.69, 9.17) is 5.73 Å². The molecular formula is C12H23N3. The first-order chi connectivity index (χ1) is 6.93. The van der Waals surface area contributed by atoms with Crippen LogP contribution in [0.25, 0.3) is 0 Å². The van der Waals surface area contributed by atoms with Gasteiger partial charge in [0.25, 0.3) is 0 Å². The van der Waals surface area contributed by atoms with Crippen LogP contribution in [-0.2, 0) is 6.42 Å². The zero-order valence-corrected chi connectivity index (χ0v) is 10.5. The molecule has 1 heterocycles. The third-order valence-electron chi connectivity index (χ3n) is 2.81. The molecule has 86 valence electrons. The molecule has 1 aromatic heterocycles. The second kappa shape index (κ2) is 4.79. The summed E-state index contributed by atoms with van der Waals surface area (Å²) in [7, 11) is 0. The van der Waals surface area contributed by atoms with Crippen LogP contribution >= 0.6 is 0 Å². The molecule has 1 aromatic rings. The van der Waals surface area contributed by atoms with Crippen molar-refractivity contribution in [2.75, 3.05) is 0 Å². The average molecular weight is 209 g/mol. The highest BCUT2D eigenvalue weighted by molar-refractivity contribution is 5.25. The Morgan fingerprint density at radius 3 is 2.27 bits per heavy atom. The molecule has 0 fully saturated rings. The molecule has 1 atom stereocenters. The van der Waals surface area contributed by atoms with Crippen LogP contribution in [0, 0.1) is 13.8 Å². The minimum Gasteiger partial charge on any atom is -0.328 e. The Morgan fingerprint density at radius 2 is 1.87 bits per heavy atom. The van der Waals surface area contributed by atoms with Gasteiger partial charge in [-0.15, -0.1) is 0 Å². The van der Waals surface area contributed by atoms with Gasteiger partial charge in [-0.3, -0.25) is 4.68 Å². The maximum atomic E-state index is 5.78. The van der Waals surface area contributed by atoms with E-state index in [0.29, 0.717) is 6.04 Å². The quantitative estimate of drug-likeness (QED) is 0.827. The van der Waals surface area contributed by atoms with Gasteiger partial charge in [0.1, 0.15) is 0 Å². The molecule has 0 aliphatic heterocycles. The summed E-state index contributed by atoms with van der Waals surface area (Å²) in [5.74, 6) is 0. The van der Waals surface area contributed by atoms with Crippen molar-refractivity contribution in [3.8, 4) is 0 Å². The van der Waals surface area contributed by atoms with Crippen molar-refractivity contribution in [2.24, 2.45) is 5.73 Å². The normalized spacial score (nSPS) is 13.5. The summed E-state index contributed by atoms with van der Waals surface area (Å²) in [6.45, 7) is 10.6. The van der Waals surface area contributed by atoms with Crippen molar-refractivity contribution in [3.05, 3.63) is 17.0 Å². The van der Waals surface area contributed by atoms with Crippen molar-refractivity contribution >= 4 is 0 Å². The summed E-state index contributed by atoms with van der Waals surface area (Å²) in [6.07, 6.45) is 2.08. The second-order valence-electron chi connectivity index (χ2n) is 4.70. The smallest absolute Gasteiger partial charge is 0.0628 e. The third kappa shape index (κ3) is 2.81. The molecule has 0 aliphatic rings. The van der Waals surface area contributed by atoms with E-state index in [1.165, 1.54) is 11.3 Å². The zero-order valence-electron chi connectivity index (χ0n) is 10.5. The topological polar surface area (TPSA) is 43.8 Å². The van der Waals surface area contributed by atoms with Crippen LogP contribution < -0.4 is 5.73 Å². The monoisotopic (exact) mass is 209 g/mol. The lowest BCUT2D eigenvalue weighted by Crippen LogP contribution is -2.15. The highest BCUT2D eigenvalue weighted by Gasteiger charge is 2.13. The minimum atomic E-state index is 0.270. The molecule has 2 N–H and O–H groups in total. The average Bonchev–Trinajstić information content (AvgIpc) is 2.39. The van der Waals surface area contributed by atoms with Crippen LogP contribution in [-0.4, -0.2) is 15.8 Å². The Morgan fingerprint density at radius 1 is 1.27 bits per heavy atom. The molecule has 0 aliphatic carbocycles. The lowest BCUT2D eigenvalue weighted by atomic mass is 10.0. The second-order valence-corrected chi connectivity index (χ2v) is 4.70. The lowest BCUT2D eigenvalue weighted by molar-refractivity contribution is 0.515. The highest BCUT2D eigenvalue weighted by atomic mass is 15.3. The largest absolute Gasteiger partial charge is 0.328 e. The molecule has 0 amide bonds. The number of hydrogen-bond donors (Lipinski definition) is 1. The van der Waals surface area contributed by atoms with Crippen molar-refractivity contribution in [1.29, 1.82) is 0 Å². The summed E-state index contributed by atoms with van der Waals surface area (Å²) < 4.78 is 2.10. The number of rotatable bonds is 4. The SMILES string of the molecule is Cc1nn(C(C)C)c(C)c1CCC(C)N.